The number of nitrogens with zero attached hydrogens (tertiary/aromatic N) is 2. The molecule has 0 saturated carbocycles. The molecule has 0 spiro atoms. The number of carbonyl (C=O) groups is 1. The molecule has 1 amide bonds. The van der Waals surface area contributed by atoms with Crippen LogP contribution >= 0.6 is 11.3 Å². The van der Waals surface area contributed by atoms with Gasteiger partial charge in [-0.2, -0.15) is 0 Å². The van der Waals surface area contributed by atoms with E-state index in [9.17, 15) is 4.79 Å². The molecule has 5 heteroatoms. The summed E-state index contributed by atoms with van der Waals surface area (Å²) in [6, 6.07) is 3.65. The standard InChI is InChI=1S/C13H16N2O2S/c1-9(2)7-15(3)13(16)10-8-18-12(14-10)11-5-4-6-17-11/h4-6,8-9H,7H2,1-3H3. The van der Waals surface area contributed by atoms with Crippen molar-refractivity contribution in [2.24, 2.45) is 5.92 Å². The number of carbonyl (C=O) groups excluding carboxylic acids is 1. The number of amides is 1. The highest BCUT2D eigenvalue weighted by atomic mass is 32.1. The molecule has 2 heterocycles. The average Bonchev–Trinajstić information content (AvgIpc) is 2.97. The van der Waals surface area contributed by atoms with Crippen LogP contribution in [0.15, 0.2) is 28.2 Å². The molecule has 2 aromatic heterocycles. The van der Waals surface area contributed by atoms with Crippen molar-refractivity contribution in [2.75, 3.05) is 13.6 Å². The summed E-state index contributed by atoms with van der Waals surface area (Å²) in [6.07, 6.45) is 1.60. The second-order valence-electron chi connectivity index (χ2n) is 4.59. The highest BCUT2D eigenvalue weighted by molar-refractivity contribution is 7.13. The third-order valence-electron chi connectivity index (χ3n) is 2.44. The van der Waals surface area contributed by atoms with E-state index < -0.39 is 0 Å². The molecule has 0 aliphatic carbocycles. The summed E-state index contributed by atoms with van der Waals surface area (Å²) in [7, 11) is 1.80. The summed E-state index contributed by atoms with van der Waals surface area (Å²) in [5.74, 6) is 1.10. The van der Waals surface area contributed by atoms with Crippen LogP contribution in [0.2, 0.25) is 0 Å². The third-order valence-corrected chi connectivity index (χ3v) is 3.30. The fourth-order valence-electron chi connectivity index (χ4n) is 1.71. The molecule has 0 unspecified atom stereocenters. The Morgan fingerprint density at radius 2 is 2.33 bits per heavy atom. The zero-order valence-corrected chi connectivity index (χ0v) is 11.5. The third kappa shape index (κ3) is 2.79. The zero-order valence-electron chi connectivity index (χ0n) is 10.7. The van der Waals surface area contributed by atoms with Crippen LogP contribution < -0.4 is 0 Å². The quantitative estimate of drug-likeness (QED) is 0.852. The summed E-state index contributed by atoms with van der Waals surface area (Å²) < 4.78 is 5.26. The van der Waals surface area contributed by atoms with Gasteiger partial charge in [0.2, 0.25) is 0 Å². The molecule has 0 aromatic carbocycles. The van der Waals surface area contributed by atoms with Crippen molar-refractivity contribution in [3.05, 3.63) is 29.5 Å². The smallest absolute Gasteiger partial charge is 0.273 e. The minimum Gasteiger partial charge on any atom is -0.462 e. The first-order chi connectivity index (χ1) is 8.58. The van der Waals surface area contributed by atoms with Crippen molar-refractivity contribution >= 4 is 17.2 Å². The van der Waals surface area contributed by atoms with E-state index in [1.54, 1.807) is 23.6 Å². The number of hydrogen-bond acceptors (Lipinski definition) is 4. The molecular weight excluding hydrogens is 248 g/mol. The van der Waals surface area contributed by atoms with Crippen molar-refractivity contribution in [3.63, 3.8) is 0 Å². The van der Waals surface area contributed by atoms with Gasteiger partial charge >= 0.3 is 0 Å². The maximum absolute atomic E-state index is 12.1. The predicted octanol–water partition coefficient (Wildman–Crippen LogP) is 3.13. The Morgan fingerprint density at radius 1 is 1.56 bits per heavy atom. The van der Waals surface area contributed by atoms with E-state index in [1.807, 2.05) is 12.1 Å². The molecular formula is C13H16N2O2S. The lowest BCUT2D eigenvalue weighted by Gasteiger charge is -2.17. The van der Waals surface area contributed by atoms with Gasteiger partial charge in [-0.3, -0.25) is 4.79 Å². The van der Waals surface area contributed by atoms with Crippen molar-refractivity contribution in [2.45, 2.75) is 13.8 Å². The van der Waals surface area contributed by atoms with Crippen LogP contribution in [0.4, 0.5) is 0 Å². The van der Waals surface area contributed by atoms with Gasteiger partial charge in [0.15, 0.2) is 10.8 Å². The van der Waals surface area contributed by atoms with Crippen LogP contribution in [-0.2, 0) is 0 Å². The number of rotatable bonds is 4. The monoisotopic (exact) mass is 264 g/mol. The average molecular weight is 264 g/mol. The second kappa shape index (κ2) is 5.35. The molecule has 0 bridgehead atoms. The molecule has 0 saturated heterocycles. The highest BCUT2D eigenvalue weighted by Crippen LogP contribution is 2.24. The molecule has 0 N–H and O–H groups in total. The van der Waals surface area contributed by atoms with Gasteiger partial charge in [-0.15, -0.1) is 11.3 Å². The van der Waals surface area contributed by atoms with Crippen molar-refractivity contribution < 1.29 is 9.21 Å². The van der Waals surface area contributed by atoms with Crippen molar-refractivity contribution in [3.8, 4) is 10.8 Å². The van der Waals surface area contributed by atoms with E-state index in [0.717, 1.165) is 11.6 Å². The van der Waals surface area contributed by atoms with Crippen LogP contribution in [0, 0.1) is 5.92 Å². The molecule has 2 rings (SSSR count). The normalized spacial score (nSPS) is 10.9. The summed E-state index contributed by atoms with van der Waals surface area (Å²) in [6.45, 7) is 4.89. The summed E-state index contributed by atoms with van der Waals surface area (Å²) in [5.41, 5.74) is 0.481. The van der Waals surface area contributed by atoms with Gasteiger partial charge in [0, 0.05) is 19.0 Å². The number of aromatic nitrogens is 1. The minimum absolute atomic E-state index is 0.0437. The van der Waals surface area contributed by atoms with Crippen LogP contribution in [0.3, 0.4) is 0 Å². The van der Waals surface area contributed by atoms with Gasteiger partial charge in [0.25, 0.3) is 5.91 Å². The maximum Gasteiger partial charge on any atom is 0.273 e. The van der Waals surface area contributed by atoms with E-state index >= 15 is 0 Å². The van der Waals surface area contributed by atoms with Crippen molar-refractivity contribution in [1.29, 1.82) is 0 Å². The van der Waals surface area contributed by atoms with E-state index in [-0.39, 0.29) is 5.91 Å². The molecule has 18 heavy (non-hydrogen) atoms. The molecule has 96 valence electrons. The SMILES string of the molecule is CC(C)CN(C)C(=O)c1csc(-c2ccco2)n1. The summed E-state index contributed by atoms with van der Waals surface area (Å²) in [5, 5.41) is 2.51. The Morgan fingerprint density at radius 3 is 2.94 bits per heavy atom. The lowest BCUT2D eigenvalue weighted by atomic mass is 10.2. The number of thiazole rings is 1. The molecule has 4 nitrogen and oxygen atoms in total. The molecule has 0 aliphatic heterocycles. The topological polar surface area (TPSA) is 46.3 Å². The molecule has 0 fully saturated rings. The predicted molar refractivity (Wildman–Crippen MR) is 71.6 cm³/mol. The maximum atomic E-state index is 12.1. The first-order valence-electron chi connectivity index (χ1n) is 5.83. The molecule has 2 aromatic rings. The first-order valence-corrected chi connectivity index (χ1v) is 6.70. The second-order valence-corrected chi connectivity index (χ2v) is 5.45. The van der Waals surface area contributed by atoms with Gasteiger partial charge in [0.05, 0.1) is 6.26 Å². The Kier molecular flexibility index (Phi) is 3.81. The Labute approximate surface area is 110 Å². The highest BCUT2D eigenvalue weighted by Gasteiger charge is 2.17. The van der Waals surface area contributed by atoms with Crippen LogP contribution in [0.1, 0.15) is 24.3 Å². The first kappa shape index (κ1) is 12.8. The van der Waals surface area contributed by atoms with E-state index in [0.29, 0.717) is 17.4 Å². The molecule has 0 aliphatic rings. The fraction of sp³-hybridized carbons (Fsp3) is 0.385. The Balaban J connectivity index is 2.13. The Hall–Kier alpha value is -1.62. The zero-order chi connectivity index (χ0) is 13.1. The van der Waals surface area contributed by atoms with E-state index in [2.05, 4.69) is 18.8 Å². The van der Waals surface area contributed by atoms with E-state index in [1.165, 1.54) is 11.3 Å². The lowest BCUT2D eigenvalue weighted by Crippen LogP contribution is -2.30. The number of hydrogen-bond donors (Lipinski definition) is 0. The summed E-state index contributed by atoms with van der Waals surface area (Å²) >= 11 is 1.42. The number of furan rings is 1. The molecule has 0 atom stereocenters. The van der Waals surface area contributed by atoms with Crippen LogP contribution in [-0.4, -0.2) is 29.4 Å². The van der Waals surface area contributed by atoms with Crippen LogP contribution in [0.25, 0.3) is 10.8 Å². The van der Waals surface area contributed by atoms with Gasteiger partial charge < -0.3 is 9.32 Å². The van der Waals surface area contributed by atoms with Gasteiger partial charge in [0.1, 0.15) is 5.69 Å². The van der Waals surface area contributed by atoms with Crippen LogP contribution in [0.5, 0.6) is 0 Å². The van der Waals surface area contributed by atoms with Crippen molar-refractivity contribution in [1.82, 2.24) is 9.88 Å². The fourth-order valence-corrected chi connectivity index (χ4v) is 2.47. The summed E-state index contributed by atoms with van der Waals surface area (Å²) in [4.78, 5) is 18.1. The van der Waals surface area contributed by atoms with Gasteiger partial charge in [-0.25, -0.2) is 4.98 Å². The Bertz CT molecular complexity index is 517. The molecule has 0 radical (unpaired) electrons. The van der Waals surface area contributed by atoms with Gasteiger partial charge in [-0.05, 0) is 18.1 Å². The minimum atomic E-state index is -0.0437. The lowest BCUT2D eigenvalue weighted by molar-refractivity contribution is 0.0774. The van der Waals surface area contributed by atoms with E-state index in [4.69, 9.17) is 4.42 Å². The largest absolute Gasteiger partial charge is 0.462 e. The van der Waals surface area contributed by atoms with Gasteiger partial charge in [-0.1, -0.05) is 13.8 Å².